The highest BCUT2D eigenvalue weighted by Gasteiger charge is 2.77. The van der Waals surface area contributed by atoms with Crippen LogP contribution in [-0.2, 0) is 25.7 Å². The molecule has 3 saturated heterocycles. The Balaban J connectivity index is 1.62. The maximum absolute atomic E-state index is 14.7. The molecule has 2 bridgehead atoms. The van der Waals surface area contributed by atoms with Gasteiger partial charge in [0.2, 0.25) is 17.7 Å². The zero-order valence-corrected chi connectivity index (χ0v) is 24.7. The number of nitrogens with zero attached hydrogens (tertiary/aromatic N) is 3. The highest BCUT2D eigenvalue weighted by atomic mass is 79.9. The first-order valence-corrected chi connectivity index (χ1v) is 14.8. The lowest BCUT2D eigenvalue weighted by Gasteiger charge is -2.39. The van der Waals surface area contributed by atoms with Gasteiger partial charge in [-0.05, 0) is 17.5 Å². The molecule has 7 atom stereocenters. The third-order valence-corrected chi connectivity index (χ3v) is 9.44. The third-order valence-electron chi connectivity index (χ3n) is 8.60. The van der Waals surface area contributed by atoms with Crippen molar-refractivity contribution in [3.05, 3.63) is 97.1 Å². The number of ether oxygens (including phenoxy) is 1. The van der Waals surface area contributed by atoms with Gasteiger partial charge in [0.1, 0.15) is 11.6 Å². The van der Waals surface area contributed by atoms with E-state index in [1.165, 1.54) is 4.90 Å². The van der Waals surface area contributed by atoms with E-state index in [1.54, 1.807) is 29.0 Å². The summed E-state index contributed by atoms with van der Waals surface area (Å²) in [6.07, 6.45) is 3.12. The summed E-state index contributed by atoms with van der Waals surface area (Å²) in [6.45, 7) is 8.11. The summed E-state index contributed by atoms with van der Waals surface area (Å²) in [4.78, 5) is 47.5. The molecule has 3 aliphatic heterocycles. The molecule has 0 radical (unpaired) electrons. The Morgan fingerprint density at radius 2 is 1.73 bits per heavy atom. The van der Waals surface area contributed by atoms with E-state index >= 15 is 0 Å². The number of likely N-dealkylation sites (N-methyl/N-ethyl adjacent to an activating group) is 1. The predicted molar refractivity (Wildman–Crippen MR) is 159 cm³/mol. The van der Waals surface area contributed by atoms with Crippen LogP contribution in [0.15, 0.2) is 86.0 Å². The Labute approximate surface area is 249 Å². The smallest absolute Gasteiger partial charge is 0.249 e. The van der Waals surface area contributed by atoms with Crippen molar-refractivity contribution in [3.63, 3.8) is 0 Å². The zero-order chi connectivity index (χ0) is 29.3. The Bertz CT molecular complexity index is 1310. The number of fused-ring (bicyclic) bond motifs is 1. The number of benzene rings is 2. The first-order chi connectivity index (χ1) is 19.8. The maximum atomic E-state index is 14.7. The lowest BCUT2D eigenvalue weighted by Crippen LogP contribution is -2.57. The standard InChI is InChI=1S/C32H36BrN3O5/c1-4-16-34(3)29(38)25-26-30(39)36(24(20-37)22-14-10-7-11-15-22)28(32(26)18-23(33)27(25)41-32)31(40)35(17-5-2)19-21-12-8-6-9-13-21/h4-15,23-28,37H,1-2,16-20H2,3H3/t23?,24-,25+,26+,27+,28?,32?/m1/s1. The quantitative estimate of drug-likeness (QED) is 0.307. The van der Waals surface area contributed by atoms with Gasteiger partial charge in [-0.15, -0.1) is 13.2 Å². The van der Waals surface area contributed by atoms with Gasteiger partial charge in [0, 0.05) is 31.5 Å². The molecule has 3 fully saturated rings. The third kappa shape index (κ3) is 4.94. The van der Waals surface area contributed by atoms with Crippen LogP contribution >= 0.6 is 15.9 Å². The molecule has 0 aliphatic carbocycles. The molecule has 3 amide bonds. The van der Waals surface area contributed by atoms with Gasteiger partial charge in [-0.25, -0.2) is 0 Å². The van der Waals surface area contributed by atoms with Gasteiger partial charge in [-0.3, -0.25) is 14.4 Å². The van der Waals surface area contributed by atoms with Crippen LogP contribution in [0.1, 0.15) is 23.6 Å². The van der Waals surface area contributed by atoms with E-state index in [0.29, 0.717) is 25.1 Å². The van der Waals surface area contributed by atoms with Gasteiger partial charge in [-0.1, -0.05) is 88.7 Å². The number of likely N-dealkylation sites (tertiary alicyclic amines) is 1. The molecule has 41 heavy (non-hydrogen) atoms. The Hall–Kier alpha value is -3.27. The van der Waals surface area contributed by atoms with Gasteiger partial charge in [0.05, 0.1) is 30.6 Å². The fourth-order valence-corrected chi connectivity index (χ4v) is 7.84. The van der Waals surface area contributed by atoms with Crippen LogP contribution in [0, 0.1) is 11.8 Å². The van der Waals surface area contributed by atoms with E-state index in [0.717, 1.165) is 5.56 Å². The summed E-state index contributed by atoms with van der Waals surface area (Å²) < 4.78 is 6.66. The monoisotopic (exact) mass is 621 g/mol. The minimum absolute atomic E-state index is 0.222. The molecule has 8 nitrogen and oxygen atoms in total. The number of carbonyl (C=O) groups is 3. The van der Waals surface area contributed by atoms with Crippen molar-refractivity contribution in [1.82, 2.24) is 14.7 Å². The van der Waals surface area contributed by atoms with Crippen LogP contribution < -0.4 is 0 Å². The minimum atomic E-state index is -1.24. The lowest BCUT2D eigenvalue weighted by molar-refractivity contribution is -0.152. The van der Waals surface area contributed by atoms with Gasteiger partial charge < -0.3 is 24.5 Å². The van der Waals surface area contributed by atoms with Gasteiger partial charge in [-0.2, -0.15) is 0 Å². The Morgan fingerprint density at radius 1 is 1.10 bits per heavy atom. The molecule has 3 unspecified atom stereocenters. The second-order valence-electron chi connectivity index (χ2n) is 11.0. The molecular weight excluding hydrogens is 586 g/mol. The molecule has 216 valence electrons. The average Bonchev–Trinajstić information content (AvgIpc) is 3.57. The first kappa shape index (κ1) is 29.2. The molecule has 0 aromatic heterocycles. The summed E-state index contributed by atoms with van der Waals surface area (Å²) >= 11 is 3.72. The number of aliphatic hydroxyl groups is 1. The number of hydrogen-bond donors (Lipinski definition) is 1. The van der Waals surface area contributed by atoms with Crippen molar-refractivity contribution in [1.29, 1.82) is 0 Å². The molecule has 2 aromatic carbocycles. The van der Waals surface area contributed by atoms with Crippen LogP contribution in [0.2, 0.25) is 0 Å². The molecule has 0 saturated carbocycles. The van der Waals surface area contributed by atoms with Gasteiger partial charge in [0.25, 0.3) is 0 Å². The fourth-order valence-electron chi connectivity index (χ4n) is 6.90. The van der Waals surface area contributed by atoms with Crippen molar-refractivity contribution in [2.75, 3.05) is 26.7 Å². The van der Waals surface area contributed by atoms with Crippen LogP contribution in [0.4, 0.5) is 0 Å². The summed E-state index contributed by atoms with van der Waals surface area (Å²) in [5, 5.41) is 10.7. The van der Waals surface area contributed by atoms with E-state index in [9.17, 15) is 19.5 Å². The molecule has 1 spiro atoms. The molecule has 2 aromatic rings. The normalized spacial score (nSPS) is 28.7. The summed E-state index contributed by atoms with van der Waals surface area (Å²) in [6, 6.07) is 17.0. The highest BCUT2D eigenvalue weighted by molar-refractivity contribution is 9.09. The topological polar surface area (TPSA) is 90.4 Å². The van der Waals surface area contributed by atoms with E-state index in [4.69, 9.17) is 4.74 Å². The highest BCUT2D eigenvalue weighted by Crippen LogP contribution is 2.61. The van der Waals surface area contributed by atoms with E-state index in [2.05, 4.69) is 29.1 Å². The number of halogens is 1. The summed E-state index contributed by atoms with van der Waals surface area (Å²) in [5.74, 6) is -2.51. The van der Waals surface area contributed by atoms with Gasteiger partial charge in [0.15, 0.2) is 0 Å². The molecular formula is C32H36BrN3O5. The minimum Gasteiger partial charge on any atom is -0.394 e. The summed E-state index contributed by atoms with van der Waals surface area (Å²) in [7, 11) is 1.68. The Morgan fingerprint density at radius 3 is 2.34 bits per heavy atom. The van der Waals surface area contributed by atoms with Gasteiger partial charge >= 0.3 is 0 Å². The number of amides is 3. The molecule has 3 heterocycles. The van der Waals surface area contributed by atoms with E-state index in [1.807, 2.05) is 60.7 Å². The number of alkyl halides is 1. The van der Waals surface area contributed by atoms with Crippen molar-refractivity contribution in [3.8, 4) is 0 Å². The zero-order valence-electron chi connectivity index (χ0n) is 23.1. The van der Waals surface area contributed by atoms with Crippen LogP contribution in [0.5, 0.6) is 0 Å². The predicted octanol–water partition coefficient (Wildman–Crippen LogP) is 3.33. The van der Waals surface area contributed by atoms with Crippen molar-refractivity contribution < 1.29 is 24.2 Å². The van der Waals surface area contributed by atoms with Crippen molar-refractivity contribution in [2.45, 2.75) is 41.6 Å². The average molecular weight is 623 g/mol. The van der Waals surface area contributed by atoms with Crippen LogP contribution in [-0.4, -0.2) is 86.8 Å². The number of rotatable bonds is 11. The van der Waals surface area contributed by atoms with Crippen molar-refractivity contribution >= 4 is 33.7 Å². The first-order valence-electron chi connectivity index (χ1n) is 13.9. The van der Waals surface area contributed by atoms with E-state index in [-0.39, 0.29) is 29.1 Å². The molecule has 5 rings (SSSR count). The number of hydrogen-bond acceptors (Lipinski definition) is 5. The maximum Gasteiger partial charge on any atom is 0.249 e. The number of aliphatic hydroxyl groups excluding tert-OH is 1. The molecule has 1 N–H and O–H groups in total. The van der Waals surface area contributed by atoms with Crippen molar-refractivity contribution in [2.24, 2.45) is 11.8 Å². The SMILES string of the molecule is C=CCN(C)C(=O)[C@H]1[C@H]2C(=O)N([C@H](CO)c3ccccc3)C(C(=O)N(CC=C)Cc3ccccc3)C23CC(Br)[C@@H]1O3. The second-order valence-corrected chi connectivity index (χ2v) is 12.2. The van der Waals surface area contributed by atoms with E-state index < -0.39 is 42.2 Å². The fraction of sp³-hybridized carbons (Fsp3) is 0.406. The lowest BCUT2D eigenvalue weighted by atomic mass is 9.70. The summed E-state index contributed by atoms with van der Waals surface area (Å²) in [5.41, 5.74) is 0.400. The number of carbonyl (C=O) groups excluding carboxylic acids is 3. The van der Waals surface area contributed by atoms with Crippen LogP contribution in [0.3, 0.4) is 0 Å². The second kappa shape index (κ2) is 11.9. The molecule has 3 aliphatic rings. The Kier molecular flexibility index (Phi) is 8.50. The largest absolute Gasteiger partial charge is 0.394 e. The van der Waals surface area contributed by atoms with Crippen LogP contribution in [0.25, 0.3) is 0 Å². The molecule has 9 heteroatoms.